The van der Waals surface area contributed by atoms with Crippen LogP contribution in [0.3, 0.4) is 0 Å². The second kappa shape index (κ2) is 6.43. The van der Waals surface area contributed by atoms with Gasteiger partial charge in [-0.3, -0.25) is 9.78 Å². The summed E-state index contributed by atoms with van der Waals surface area (Å²) in [5.41, 5.74) is 2.06. The topological polar surface area (TPSA) is 54.9 Å². The van der Waals surface area contributed by atoms with Crippen molar-refractivity contribution in [1.29, 1.82) is 0 Å². The molecule has 4 nitrogen and oxygen atoms in total. The molecule has 0 fully saturated rings. The molecule has 2 aromatic heterocycles. The Hall–Kier alpha value is -1.75. The number of pyridine rings is 1. The smallest absolute Gasteiger partial charge is 0.220 e. The van der Waals surface area contributed by atoms with E-state index in [0.29, 0.717) is 6.42 Å². The van der Waals surface area contributed by atoms with Gasteiger partial charge in [-0.05, 0) is 38.0 Å². The van der Waals surface area contributed by atoms with Crippen molar-refractivity contribution in [2.24, 2.45) is 0 Å². The van der Waals surface area contributed by atoms with Gasteiger partial charge >= 0.3 is 0 Å². The molecule has 2 rings (SSSR count). The Morgan fingerprint density at radius 1 is 1.42 bits per heavy atom. The van der Waals surface area contributed by atoms with Crippen LogP contribution in [0, 0.1) is 6.92 Å². The Labute approximate surface area is 116 Å². The summed E-state index contributed by atoms with van der Waals surface area (Å²) in [6.07, 6.45) is 4.70. The molecule has 1 atom stereocenters. The van der Waals surface area contributed by atoms with Gasteiger partial charge in [0.1, 0.15) is 0 Å². The van der Waals surface area contributed by atoms with Gasteiger partial charge in [-0.15, -0.1) is 11.3 Å². The lowest BCUT2D eigenvalue weighted by molar-refractivity contribution is -0.121. The average molecular weight is 275 g/mol. The summed E-state index contributed by atoms with van der Waals surface area (Å²) in [5, 5.41) is 5.98. The molecule has 0 bridgehead atoms. The Morgan fingerprint density at radius 2 is 2.16 bits per heavy atom. The van der Waals surface area contributed by atoms with Crippen LogP contribution in [-0.4, -0.2) is 15.9 Å². The fraction of sp³-hybridized carbons (Fsp3) is 0.357. The van der Waals surface area contributed by atoms with E-state index in [1.165, 1.54) is 0 Å². The van der Waals surface area contributed by atoms with Gasteiger partial charge < -0.3 is 5.32 Å². The molecule has 0 radical (unpaired) electrons. The van der Waals surface area contributed by atoms with Gasteiger partial charge in [0.25, 0.3) is 0 Å². The van der Waals surface area contributed by atoms with Crippen molar-refractivity contribution in [3.63, 3.8) is 0 Å². The molecule has 5 heteroatoms. The second-order valence-electron chi connectivity index (χ2n) is 4.44. The lowest BCUT2D eigenvalue weighted by atomic mass is 10.1. The molecule has 0 aliphatic rings. The number of nitrogens with zero attached hydrogens (tertiary/aromatic N) is 2. The van der Waals surface area contributed by atoms with Crippen molar-refractivity contribution >= 4 is 17.2 Å². The summed E-state index contributed by atoms with van der Waals surface area (Å²) in [4.78, 5) is 20.2. The first kappa shape index (κ1) is 13.7. The molecule has 2 aromatic rings. The van der Waals surface area contributed by atoms with Crippen LogP contribution in [0.15, 0.2) is 29.9 Å². The summed E-state index contributed by atoms with van der Waals surface area (Å²) in [6.45, 7) is 3.92. The zero-order chi connectivity index (χ0) is 13.7. The first-order chi connectivity index (χ1) is 9.15. The third kappa shape index (κ3) is 4.13. The van der Waals surface area contributed by atoms with Crippen LogP contribution in [0.5, 0.6) is 0 Å². The molecule has 0 aromatic carbocycles. The summed E-state index contributed by atoms with van der Waals surface area (Å²) < 4.78 is 0. The van der Waals surface area contributed by atoms with Crippen molar-refractivity contribution < 1.29 is 4.79 Å². The zero-order valence-corrected chi connectivity index (χ0v) is 11.9. The maximum atomic E-state index is 11.9. The third-order valence-corrected chi connectivity index (χ3v) is 3.64. The van der Waals surface area contributed by atoms with E-state index in [1.807, 2.05) is 31.4 Å². The van der Waals surface area contributed by atoms with E-state index in [1.54, 1.807) is 23.7 Å². The summed E-state index contributed by atoms with van der Waals surface area (Å²) in [6, 6.07) is 3.83. The fourth-order valence-corrected chi connectivity index (χ4v) is 2.48. The molecule has 19 heavy (non-hydrogen) atoms. The van der Waals surface area contributed by atoms with E-state index in [2.05, 4.69) is 15.3 Å². The van der Waals surface area contributed by atoms with Crippen LogP contribution >= 0.6 is 11.3 Å². The normalized spacial score (nSPS) is 12.1. The van der Waals surface area contributed by atoms with E-state index >= 15 is 0 Å². The summed E-state index contributed by atoms with van der Waals surface area (Å²) >= 11 is 1.60. The number of hydrogen-bond acceptors (Lipinski definition) is 4. The van der Waals surface area contributed by atoms with Crippen LogP contribution in [0.25, 0.3) is 0 Å². The average Bonchev–Trinajstić information content (AvgIpc) is 2.84. The second-order valence-corrected chi connectivity index (χ2v) is 5.50. The number of aryl methyl sites for hydroxylation is 2. The first-order valence-electron chi connectivity index (χ1n) is 6.25. The van der Waals surface area contributed by atoms with Crippen molar-refractivity contribution in [1.82, 2.24) is 15.3 Å². The Kier molecular flexibility index (Phi) is 4.63. The van der Waals surface area contributed by atoms with Crippen molar-refractivity contribution in [2.45, 2.75) is 32.7 Å². The van der Waals surface area contributed by atoms with Gasteiger partial charge in [-0.1, -0.05) is 0 Å². The Morgan fingerprint density at radius 3 is 2.79 bits per heavy atom. The van der Waals surface area contributed by atoms with Crippen molar-refractivity contribution in [3.05, 3.63) is 46.2 Å². The van der Waals surface area contributed by atoms with Crippen LogP contribution in [0.4, 0.5) is 0 Å². The minimum absolute atomic E-state index is 0.0325. The lowest BCUT2D eigenvalue weighted by Gasteiger charge is -2.11. The van der Waals surface area contributed by atoms with Crippen LogP contribution in [0.2, 0.25) is 0 Å². The number of carbonyl (C=O) groups excluding carboxylic acids is 1. The van der Waals surface area contributed by atoms with E-state index < -0.39 is 0 Å². The number of nitrogens with one attached hydrogen (secondary N) is 1. The highest BCUT2D eigenvalue weighted by molar-refractivity contribution is 7.09. The highest BCUT2D eigenvalue weighted by atomic mass is 32.1. The summed E-state index contributed by atoms with van der Waals surface area (Å²) in [5.74, 6) is 0.0509. The van der Waals surface area contributed by atoms with Crippen LogP contribution < -0.4 is 5.32 Å². The molecule has 100 valence electrons. The zero-order valence-electron chi connectivity index (χ0n) is 11.1. The molecule has 0 spiro atoms. The van der Waals surface area contributed by atoms with Crippen molar-refractivity contribution in [3.8, 4) is 0 Å². The van der Waals surface area contributed by atoms with Gasteiger partial charge in [0.2, 0.25) is 5.91 Å². The number of thiazole rings is 1. The van der Waals surface area contributed by atoms with Gasteiger partial charge in [0, 0.05) is 24.2 Å². The molecular weight excluding hydrogens is 258 g/mol. The quantitative estimate of drug-likeness (QED) is 0.912. The van der Waals surface area contributed by atoms with Gasteiger partial charge in [-0.25, -0.2) is 4.98 Å². The standard InChI is InChI=1S/C14H17N3OS/c1-10(13-9-19-11(2)17-13)16-14(18)4-3-12-5-7-15-8-6-12/h5-10H,3-4H2,1-2H3,(H,16,18)/t10-/m0/s1. The molecule has 0 aliphatic carbocycles. The molecular formula is C14H17N3OS. The van der Waals surface area contributed by atoms with E-state index in [0.717, 1.165) is 22.7 Å². The highest BCUT2D eigenvalue weighted by Gasteiger charge is 2.11. The molecule has 1 amide bonds. The predicted octanol–water partition coefficient (Wildman–Crippen LogP) is 2.66. The number of hydrogen-bond donors (Lipinski definition) is 1. The number of amides is 1. The van der Waals surface area contributed by atoms with Gasteiger partial charge in [0.15, 0.2) is 0 Å². The summed E-state index contributed by atoms with van der Waals surface area (Å²) in [7, 11) is 0. The Bertz CT molecular complexity index is 539. The highest BCUT2D eigenvalue weighted by Crippen LogP contribution is 2.15. The fourth-order valence-electron chi connectivity index (χ4n) is 1.77. The van der Waals surface area contributed by atoms with Crippen molar-refractivity contribution in [2.75, 3.05) is 0 Å². The predicted molar refractivity (Wildman–Crippen MR) is 76.0 cm³/mol. The van der Waals surface area contributed by atoms with Gasteiger partial charge in [-0.2, -0.15) is 0 Å². The van der Waals surface area contributed by atoms with Crippen LogP contribution in [-0.2, 0) is 11.2 Å². The maximum absolute atomic E-state index is 11.9. The van der Waals surface area contributed by atoms with E-state index in [4.69, 9.17) is 0 Å². The monoisotopic (exact) mass is 275 g/mol. The minimum Gasteiger partial charge on any atom is -0.348 e. The number of carbonyl (C=O) groups is 1. The SMILES string of the molecule is Cc1nc([C@H](C)NC(=O)CCc2ccncc2)cs1. The third-order valence-electron chi connectivity index (χ3n) is 2.85. The van der Waals surface area contributed by atoms with E-state index in [-0.39, 0.29) is 11.9 Å². The van der Waals surface area contributed by atoms with E-state index in [9.17, 15) is 4.79 Å². The minimum atomic E-state index is -0.0325. The van der Waals surface area contributed by atoms with Gasteiger partial charge in [0.05, 0.1) is 16.7 Å². The largest absolute Gasteiger partial charge is 0.348 e. The van der Waals surface area contributed by atoms with Crippen LogP contribution in [0.1, 0.15) is 35.7 Å². The molecule has 1 N–H and O–H groups in total. The first-order valence-corrected chi connectivity index (χ1v) is 7.13. The molecule has 2 heterocycles. The molecule has 0 unspecified atom stereocenters. The molecule has 0 saturated heterocycles. The molecule has 0 aliphatic heterocycles. The number of aromatic nitrogens is 2. The Balaban J connectivity index is 1.81. The lowest BCUT2D eigenvalue weighted by Crippen LogP contribution is -2.27. The maximum Gasteiger partial charge on any atom is 0.220 e. The molecule has 0 saturated carbocycles. The number of rotatable bonds is 5.